The molecular weight excluding hydrogens is 223 g/mol. The highest BCUT2D eigenvalue weighted by Crippen LogP contribution is 1.85. The van der Waals surface area contributed by atoms with Crippen LogP contribution in [-0.4, -0.2) is 4.98 Å². The number of halogens is 1. The standard InChI is InChI=1S/C3H3NS.HI.H3N/c1-2-5-3-4-1;;/h1-3H;1H;1H3. The van der Waals surface area contributed by atoms with Crippen LogP contribution in [0, 0.1) is 0 Å². The Morgan fingerprint density at radius 2 is 2.14 bits per heavy atom. The van der Waals surface area contributed by atoms with Crippen molar-refractivity contribution in [1.82, 2.24) is 11.1 Å². The Balaban J connectivity index is 0. The Hall–Kier alpha value is 0.320. The van der Waals surface area contributed by atoms with Crippen molar-refractivity contribution in [2.24, 2.45) is 0 Å². The van der Waals surface area contributed by atoms with E-state index in [2.05, 4.69) is 4.98 Å². The van der Waals surface area contributed by atoms with Crippen LogP contribution in [0.5, 0.6) is 0 Å². The molecule has 7 heavy (non-hydrogen) atoms. The van der Waals surface area contributed by atoms with Crippen LogP contribution in [0.4, 0.5) is 0 Å². The summed E-state index contributed by atoms with van der Waals surface area (Å²) in [6.45, 7) is 0. The lowest BCUT2D eigenvalue weighted by Crippen LogP contribution is -1.38. The van der Waals surface area contributed by atoms with Crippen molar-refractivity contribution in [2.45, 2.75) is 0 Å². The van der Waals surface area contributed by atoms with Crippen molar-refractivity contribution in [1.29, 1.82) is 0 Å². The molecule has 0 aliphatic heterocycles. The summed E-state index contributed by atoms with van der Waals surface area (Å²) in [5, 5.41) is 1.93. The van der Waals surface area contributed by atoms with E-state index >= 15 is 0 Å². The zero-order valence-electron chi connectivity index (χ0n) is 3.70. The van der Waals surface area contributed by atoms with Gasteiger partial charge in [0.05, 0.1) is 5.51 Å². The number of thiazole rings is 1. The minimum atomic E-state index is 0. The Morgan fingerprint density at radius 3 is 2.29 bits per heavy atom. The van der Waals surface area contributed by atoms with E-state index in [1.165, 1.54) is 0 Å². The van der Waals surface area contributed by atoms with E-state index in [1.54, 1.807) is 23.0 Å². The summed E-state index contributed by atoms with van der Waals surface area (Å²) >= 11 is 1.60. The lowest BCUT2D eigenvalue weighted by atomic mass is 11.0. The van der Waals surface area contributed by atoms with Crippen LogP contribution in [-0.2, 0) is 0 Å². The molecule has 0 aromatic carbocycles. The van der Waals surface area contributed by atoms with Gasteiger partial charge in [-0.3, -0.25) is 4.98 Å². The zero-order chi connectivity index (χ0) is 3.54. The van der Waals surface area contributed by atoms with Crippen LogP contribution >= 0.6 is 35.3 Å². The summed E-state index contributed by atoms with van der Waals surface area (Å²) in [5.41, 5.74) is 1.79. The largest absolute Gasteiger partial charge is 0.344 e. The van der Waals surface area contributed by atoms with Crippen LogP contribution in [0.3, 0.4) is 0 Å². The lowest BCUT2D eigenvalue weighted by Gasteiger charge is -1.41. The molecule has 1 rings (SSSR count). The first-order chi connectivity index (χ1) is 2.50. The molecule has 0 spiro atoms. The highest BCUT2D eigenvalue weighted by molar-refractivity contribution is 14.0. The van der Waals surface area contributed by atoms with Crippen LogP contribution < -0.4 is 6.15 Å². The molecule has 4 heteroatoms. The van der Waals surface area contributed by atoms with Gasteiger partial charge in [0.15, 0.2) is 0 Å². The summed E-state index contributed by atoms with van der Waals surface area (Å²) < 4.78 is 0. The summed E-state index contributed by atoms with van der Waals surface area (Å²) in [6.07, 6.45) is 1.77. The second-order valence-electron chi connectivity index (χ2n) is 0.676. The van der Waals surface area contributed by atoms with Crippen molar-refractivity contribution in [2.75, 3.05) is 0 Å². The fraction of sp³-hybridized carbons (Fsp3) is 0. The number of hydrogen-bond donors (Lipinski definition) is 1. The van der Waals surface area contributed by atoms with Gasteiger partial charge in [-0.15, -0.1) is 35.3 Å². The topological polar surface area (TPSA) is 47.9 Å². The van der Waals surface area contributed by atoms with Gasteiger partial charge in [-0.2, -0.15) is 0 Å². The van der Waals surface area contributed by atoms with E-state index in [-0.39, 0.29) is 30.1 Å². The third-order valence-electron chi connectivity index (χ3n) is 0.347. The minimum absolute atomic E-state index is 0. The summed E-state index contributed by atoms with van der Waals surface area (Å²) in [4.78, 5) is 3.74. The van der Waals surface area contributed by atoms with E-state index in [0.717, 1.165) is 0 Å². The first kappa shape index (κ1) is 10.3. The Bertz CT molecular complexity index is 69.4. The molecule has 1 aromatic rings. The lowest BCUT2D eigenvalue weighted by molar-refractivity contribution is 1.43. The molecule has 42 valence electrons. The second kappa shape index (κ2) is 6.32. The van der Waals surface area contributed by atoms with Crippen molar-refractivity contribution in [3.63, 3.8) is 0 Å². The number of nitrogens with zero attached hydrogens (tertiary/aromatic N) is 1. The third-order valence-corrected chi connectivity index (χ3v) is 0.869. The van der Waals surface area contributed by atoms with Gasteiger partial charge >= 0.3 is 0 Å². The molecule has 0 aliphatic carbocycles. The Labute approximate surface area is 63.6 Å². The number of aromatic nitrogens is 1. The summed E-state index contributed by atoms with van der Waals surface area (Å²) in [7, 11) is 0. The first-order valence-electron chi connectivity index (χ1n) is 1.32. The maximum atomic E-state index is 3.74. The first-order valence-corrected chi connectivity index (χ1v) is 2.26. The quantitative estimate of drug-likeness (QED) is 0.692. The van der Waals surface area contributed by atoms with E-state index in [0.29, 0.717) is 0 Å². The molecule has 1 aromatic heterocycles. The van der Waals surface area contributed by atoms with Crippen molar-refractivity contribution >= 4 is 35.3 Å². The van der Waals surface area contributed by atoms with Crippen molar-refractivity contribution in [3.05, 3.63) is 17.1 Å². The molecule has 2 nitrogen and oxygen atoms in total. The average molecular weight is 230 g/mol. The second-order valence-corrected chi connectivity index (χ2v) is 1.43. The third kappa shape index (κ3) is 4.17. The SMILES string of the molecule is I.N.c1cscn1. The maximum absolute atomic E-state index is 3.74. The summed E-state index contributed by atoms with van der Waals surface area (Å²) in [5.74, 6) is 0. The van der Waals surface area contributed by atoms with Crippen molar-refractivity contribution in [3.8, 4) is 0 Å². The number of rotatable bonds is 0. The predicted octanol–water partition coefficient (Wildman–Crippen LogP) is 1.92. The van der Waals surface area contributed by atoms with Gasteiger partial charge in [0.25, 0.3) is 0 Å². The molecule has 0 unspecified atom stereocenters. The van der Waals surface area contributed by atoms with Crippen LogP contribution in [0.2, 0.25) is 0 Å². The van der Waals surface area contributed by atoms with Crippen LogP contribution in [0.15, 0.2) is 17.1 Å². The minimum Gasteiger partial charge on any atom is -0.344 e. The molecule has 0 amide bonds. The van der Waals surface area contributed by atoms with E-state index < -0.39 is 0 Å². The van der Waals surface area contributed by atoms with Crippen LogP contribution in [0.1, 0.15) is 0 Å². The molecule has 1 heterocycles. The van der Waals surface area contributed by atoms with E-state index in [9.17, 15) is 0 Å². The number of hydrogen-bond acceptors (Lipinski definition) is 3. The van der Waals surface area contributed by atoms with Gasteiger partial charge in [-0.1, -0.05) is 0 Å². The molecule has 0 atom stereocenters. The highest BCUT2D eigenvalue weighted by atomic mass is 127. The molecule has 0 saturated heterocycles. The van der Waals surface area contributed by atoms with E-state index in [4.69, 9.17) is 0 Å². The van der Waals surface area contributed by atoms with Gasteiger partial charge in [-0.05, 0) is 0 Å². The Kier molecular flexibility index (Phi) is 9.33. The molecule has 0 bridgehead atoms. The molecule has 3 N–H and O–H groups in total. The summed E-state index contributed by atoms with van der Waals surface area (Å²) in [6, 6.07) is 0. The van der Waals surface area contributed by atoms with E-state index in [1.807, 2.05) is 5.38 Å². The zero-order valence-corrected chi connectivity index (χ0v) is 6.85. The molecule has 0 radical (unpaired) electrons. The fourth-order valence-corrected chi connectivity index (χ4v) is 0.527. The van der Waals surface area contributed by atoms with Crippen molar-refractivity contribution < 1.29 is 0 Å². The smallest absolute Gasteiger partial charge is 0.0791 e. The Morgan fingerprint density at radius 1 is 1.43 bits per heavy atom. The van der Waals surface area contributed by atoms with Gasteiger partial charge in [0.2, 0.25) is 0 Å². The molecule has 0 fully saturated rings. The van der Waals surface area contributed by atoms with Gasteiger partial charge in [-0.25, -0.2) is 0 Å². The monoisotopic (exact) mass is 230 g/mol. The predicted molar refractivity (Wildman–Crippen MR) is 42.6 cm³/mol. The highest BCUT2D eigenvalue weighted by Gasteiger charge is 1.59. The molecule has 0 saturated carbocycles. The van der Waals surface area contributed by atoms with Gasteiger partial charge in [0, 0.05) is 11.6 Å². The normalized spacial score (nSPS) is 5.71. The maximum Gasteiger partial charge on any atom is 0.0791 e. The van der Waals surface area contributed by atoms with Gasteiger partial charge < -0.3 is 6.15 Å². The average Bonchev–Trinajstić information content (AvgIpc) is 1.76. The molecule has 0 aliphatic rings. The van der Waals surface area contributed by atoms with Gasteiger partial charge in [0.1, 0.15) is 0 Å². The molecular formula is C3H7IN2S. The fourth-order valence-electron chi connectivity index (χ4n) is 0.176. The van der Waals surface area contributed by atoms with Crippen LogP contribution in [0.25, 0.3) is 0 Å².